The number of benzene rings is 1. The summed E-state index contributed by atoms with van der Waals surface area (Å²) in [6, 6.07) is 3.84. The molecule has 0 unspecified atom stereocenters. The van der Waals surface area contributed by atoms with Gasteiger partial charge in [0, 0.05) is 6.54 Å². The number of halogens is 2. The maximum Gasteiger partial charge on any atom is 0.356 e. The molecule has 1 aromatic carbocycles. The van der Waals surface area contributed by atoms with E-state index >= 15 is 4.39 Å². The van der Waals surface area contributed by atoms with Gasteiger partial charge in [0.15, 0.2) is 11.4 Å². The van der Waals surface area contributed by atoms with E-state index in [1.165, 1.54) is 29.0 Å². The highest BCUT2D eigenvalue weighted by Gasteiger charge is 2.36. The number of pyridine rings is 1. The Morgan fingerprint density at radius 2 is 2.05 bits per heavy atom. The molecule has 10 nitrogen and oxygen atoms in total. The van der Waals surface area contributed by atoms with Crippen molar-refractivity contribution in [2.75, 3.05) is 18.1 Å². The predicted octanol–water partition coefficient (Wildman–Crippen LogP) is 5.20. The molecule has 2 aliphatic heterocycles. The van der Waals surface area contributed by atoms with Crippen LogP contribution in [0.3, 0.4) is 0 Å². The first kappa shape index (κ1) is 25.1. The Balaban J connectivity index is 1.81. The lowest BCUT2D eigenvalue weighted by atomic mass is 10.0. The molecule has 5 heterocycles. The first-order chi connectivity index (χ1) is 18.6. The molecular formula is C27H25ClFN7O3. The van der Waals surface area contributed by atoms with Crippen LogP contribution in [0.15, 0.2) is 29.2 Å². The number of phenolic OH excluding ortho intramolecular Hbond substituents is 1. The topological polar surface area (TPSA) is 103 Å². The molecule has 1 fully saturated rings. The summed E-state index contributed by atoms with van der Waals surface area (Å²) in [6.07, 6.45) is 4.14. The summed E-state index contributed by atoms with van der Waals surface area (Å²) in [6.45, 7) is 14.4. The Morgan fingerprint density at radius 3 is 2.77 bits per heavy atom. The molecule has 0 saturated carbocycles. The van der Waals surface area contributed by atoms with Crippen molar-refractivity contribution in [1.29, 1.82) is 0 Å². The monoisotopic (exact) mass is 549 g/mol. The van der Waals surface area contributed by atoms with E-state index in [2.05, 4.69) is 14.9 Å². The first-order valence-corrected chi connectivity index (χ1v) is 13.0. The molecule has 2 aliphatic rings. The van der Waals surface area contributed by atoms with E-state index in [1.807, 2.05) is 25.7 Å². The quantitative estimate of drug-likeness (QED) is 0.343. The largest absolute Gasteiger partial charge is 0.507 e. The molecule has 0 bridgehead atoms. The fraction of sp³-hybridized carbons (Fsp3) is 0.370. The van der Waals surface area contributed by atoms with Gasteiger partial charge in [0.2, 0.25) is 5.69 Å². The number of phenols is 1. The zero-order chi connectivity index (χ0) is 27.6. The number of ether oxygens (including phenoxy) is 1. The molecule has 1 atom stereocenters. The van der Waals surface area contributed by atoms with Gasteiger partial charge in [-0.05, 0) is 52.2 Å². The fourth-order valence-corrected chi connectivity index (χ4v) is 5.66. The maximum absolute atomic E-state index is 15.1. The second-order valence-electron chi connectivity index (χ2n) is 10.7. The third kappa shape index (κ3) is 3.81. The van der Waals surface area contributed by atoms with Crippen molar-refractivity contribution in [3.8, 4) is 28.6 Å². The number of rotatable bonds is 2. The summed E-state index contributed by atoms with van der Waals surface area (Å²) in [4.78, 5) is 28.7. The van der Waals surface area contributed by atoms with Gasteiger partial charge in [-0.25, -0.2) is 23.6 Å². The lowest BCUT2D eigenvalue weighted by Crippen LogP contribution is -2.43. The Hall–Kier alpha value is -4.17. The lowest BCUT2D eigenvalue weighted by molar-refractivity contribution is 0.267. The molecule has 200 valence electrons. The van der Waals surface area contributed by atoms with Crippen LogP contribution in [0.2, 0.25) is 5.02 Å². The van der Waals surface area contributed by atoms with E-state index in [0.717, 1.165) is 19.3 Å². The van der Waals surface area contributed by atoms with Gasteiger partial charge < -0.3 is 14.7 Å². The molecule has 39 heavy (non-hydrogen) atoms. The lowest BCUT2D eigenvalue weighted by Gasteiger charge is -2.35. The van der Waals surface area contributed by atoms with Crippen LogP contribution in [0, 0.1) is 12.4 Å². The van der Waals surface area contributed by atoms with Crippen molar-refractivity contribution < 1.29 is 14.2 Å². The van der Waals surface area contributed by atoms with Crippen LogP contribution in [-0.2, 0) is 5.54 Å². The van der Waals surface area contributed by atoms with Gasteiger partial charge in [0.1, 0.15) is 45.9 Å². The Kier molecular flexibility index (Phi) is 5.77. The summed E-state index contributed by atoms with van der Waals surface area (Å²) in [5, 5.41) is 15.4. The summed E-state index contributed by atoms with van der Waals surface area (Å²) < 4.78 is 24.2. The number of nitrogens with zero attached hydrogens (tertiary/aromatic N) is 7. The molecule has 0 radical (unpaired) electrons. The summed E-state index contributed by atoms with van der Waals surface area (Å²) in [5.74, 6) is -0.367. The average Bonchev–Trinajstić information content (AvgIpc) is 3.25. The van der Waals surface area contributed by atoms with Crippen molar-refractivity contribution in [3.05, 3.63) is 57.1 Å². The van der Waals surface area contributed by atoms with Gasteiger partial charge in [0.25, 0.3) is 0 Å². The molecule has 1 N–H and O–H groups in total. The van der Waals surface area contributed by atoms with Gasteiger partial charge >= 0.3 is 5.69 Å². The highest BCUT2D eigenvalue weighted by molar-refractivity contribution is 6.36. The molecule has 0 amide bonds. The number of aromatic hydroxyl groups is 1. The third-order valence-electron chi connectivity index (χ3n) is 7.14. The van der Waals surface area contributed by atoms with Crippen molar-refractivity contribution >= 4 is 34.1 Å². The summed E-state index contributed by atoms with van der Waals surface area (Å²) >= 11 is 6.86. The minimum Gasteiger partial charge on any atom is -0.507 e. The van der Waals surface area contributed by atoms with Gasteiger partial charge in [-0.1, -0.05) is 17.7 Å². The van der Waals surface area contributed by atoms with E-state index in [0.29, 0.717) is 17.7 Å². The first-order valence-electron chi connectivity index (χ1n) is 12.6. The van der Waals surface area contributed by atoms with Gasteiger partial charge in [-0.15, -0.1) is 0 Å². The zero-order valence-corrected chi connectivity index (χ0v) is 22.3. The number of piperidine rings is 1. The molecule has 0 aliphatic carbocycles. The minimum absolute atomic E-state index is 0.00859. The zero-order valence-electron chi connectivity index (χ0n) is 21.6. The predicted molar refractivity (Wildman–Crippen MR) is 145 cm³/mol. The van der Waals surface area contributed by atoms with Crippen molar-refractivity contribution in [3.63, 3.8) is 0 Å². The van der Waals surface area contributed by atoms with Gasteiger partial charge in [-0.3, -0.25) is 4.68 Å². The van der Waals surface area contributed by atoms with Crippen LogP contribution >= 0.6 is 11.6 Å². The van der Waals surface area contributed by atoms with E-state index < -0.39 is 17.0 Å². The maximum atomic E-state index is 15.1. The molecule has 3 aromatic heterocycles. The van der Waals surface area contributed by atoms with E-state index in [9.17, 15) is 9.90 Å². The van der Waals surface area contributed by atoms with Crippen LogP contribution in [-0.4, -0.2) is 48.6 Å². The Bertz CT molecular complexity index is 1730. The summed E-state index contributed by atoms with van der Waals surface area (Å²) in [7, 11) is 0. The second kappa shape index (κ2) is 8.95. The van der Waals surface area contributed by atoms with Crippen LogP contribution in [0.4, 0.5) is 15.9 Å². The van der Waals surface area contributed by atoms with Crippen LogP contribution < -0.4 is 15.3 Å². The van der Waals surface area contributed by atoms with Crippen molar-refractivity contribution in [1.82, 2.24) is 24.3 Å². The smallest absolute Gasteiger partial charge is 0.356 e. The van der Waals surface area contributed by atoms with Crippen molar-refractivity contribution in [2.45, 2.75) is 51.6 Å². The molecule has 4 aromatic rings. The number of anilines is 1. The van der Waals surface area contributed by atoms with Crippen molar-refractivity contribution in [2.24, 2.45) is 0 Å². The standard InChI is InChI=1S/C27H25ClFN7O3/c1-27(2,3)36-25(16(30-4)12-31-36)35-24-19-22(20(28)21(32-24)18-15(29)9-7-10-17(18)37)39-13-14-8-5-6-11-34(14)23(19)33-26(35)38/h7,9-10,12,14,37H,5-6,8,11,13H2,1-3H3/t14-/m1/s1. The number of fused-ring (bicyclic) bond motifs is 2. The highest BCUT2D eigenvalue weighted by atomic mass is 35.5. The fourth-order valence-electron chi connectivity index (χ4n) is 5.37. The van der Waals surface area contributed by atoms with Crippen LogP contribution in [0.5, 0.6) is 11.5 Å². The van der Waals surface area contributed by atoms with Gasteiger partial charge in [0.05, 0.1) is 29.9 Å². The van der Waals surface area contributed by atoms with Gasteiger partial charge in [-0.2, -0.15) is 10.1 Å². The Labute approximate surface area is 228 Å². The van der Waals surface area contributed by atoms with E-state index in [1.54, 1.807) is 4.68 Å². The normalized spacial score (nSPS) is 16.9. The van der Waals surface area contributed by atoms with Crippen LogP contribution in [0.25, 0.3) is 33.0 Å². The van der Waals surface area contributed by atoms with E-state index in [-0.39, 0.29) is 57.6 Å². The van der Waals surface area contributed by atoms with E-state index in [4.69, 9.17) is 27.9 Å². The summed E-state index contributed by atoms with van der Waals surface area (Å²) in [5.41, 5.74) is -1.42. The second-order valence-corrected chi connectivity index (χ2v) is 11.1. The Morgan fingerprint density at radius 1 is 1.26 bits per heavy atom. The molecule has 0 spiro atoms. The van der Waals surface area contributed by atoms with Crippen LogP contribution in [0.1, 0.15) is 40.0 Å². The number of hydrogen-bond acceptors (Lipinski definition) is 7. The SMILES string of the molecule is [C-]#[N+]c1cnn(C(C)(C)C)c1-n1c(=O)nc2c3c(c(Cl)c(-c4c(O)cccc4F)nc31)OC[C@H]1CCCCN21. The average molecular weight is 550 g/mol. The molecule has 1 saturated heterocycles. The highest BCUT2D eigenvalue weighted by Crippen LogP contribution is 2.47. The minimum atomic E-state index is -0.744. The third-order valence-corrected chi connectivity index (χ3v) is 7.50. The molecule has 6 rings (SSSR count). The molecule has 12 heteroatoms. The number of hydrogen-bond donors (Lipinski definition) is 1. The molecular weight excluding hydrogens is 525 g/mol. The number of aromatic nitrogens is 5.